The number of hydrogen-bond acceptors (Lipinski definition) is 12. The molecule has 0 radical (unpaired) electrons. The summed E-state index contributed by atoms with van der Waals surface area (Å²) in [5.74, 6) is -2.88. The fourth-order valence-electron chi connectivity index (χ4n) is 4.63. The quantitative estimate of drug-likeness (QED) is 0.149. The highest BCUT2D eigenvalue weighted by molar-refractivity contribution is 5.92. The number of rotatable bonds is 10. The highest BCUT2D eigenvalue weighted by atomic mass is 16.7. The number of aliphatic hydroxyl groups excluding tert-OH is 2. The average Bonchev–Trinajstić information content (AvgIpc) is 3.08. The first-order chi connectivity index (χ1) is 22.2. The van der Waals surface area contributed by atoms with Crippen LogP contribution in [0, 0.1) is 0 Å². The first kappa shape index (κ1) is 32.0. The van der Waals surface area contributed by atoms with Gasteiger partial charge in [0.05, 0.1) is 11.1 Å². The van der Waals surface area contributed by atoms with Gasteiger partial charge in [-0.2, -0.15) is 0 Å². The van der Waals surface area contributed by atoms with E-state index < -0.39 is 61.8 Å². The van der Waals surface area contributed by atoms with Crippen molar-refractivity contribution in [3.63, 3.8) is 0 Å². The Hall–Kier alpha value is -5.43. The largest absolute Gasteiger partial charge is 0.508 e. The number of ether oxygens (including phenoxy) is 5. The molecule has 5 atom stereocenters. The third-order valence-corrected chi connectivity index (χ3v) is 7.06. The standard InChI is InChI=1S/C34H30O12/c35-23-15-16-26(22(17-23)18-42-33(41)24-13-7-8-14-25(24)36)44-34-30(46-32(40)21-11-5-2-6-12-21)29(38)28(37)27(45-34)19-43-31(39)20-9-3-1-4-10-20/h1-17,27-30,34-38H,18-19H2/t27-,28-,29+,30-,34-/m1/s1. The zero-order chi connectivity index (χ0) is 32.6. The van der Waals surface area contributed by atoms with Gasteiger partial charge in [-0.15, -0.1) is 0 Å². The molecule has 12 nitrogen and oxygen atoms in total. The van der Waals surface area contributed by atoms with Crippen molar-refractivity contribution >= 4 is 17.9 Å². The number of aromatic hydroxyl groups is 2. The average molecular weight is 631 g/mol. The predicted octanol–water partition coefficient (Wildman–Crippen LogP) is 3.36. The molecule has 4 aromatic carbocycles. The van der Waals surface area contributed by atoms with Crippen molar-refractivity contribution in [2.45, 2.75) is 37.3 Å². The van der Waals surface area contributed by atoms with Crippen molar-refractivity contribution in [1.82, 2.24) is 0 Å². The van der Waals surface area contributed by atoms with Crippen LogP contribution in [0.5, 0.6) is 17.2 Å². The van der Waals surface area contributed by atoms with Crippen LogP contribution in [-0.4, -0.2) is 75.6 Å². The van der Waals surface area contributed by atoms with Gasteiger partial charge in [-0.1, -0.05) is 48.5 Å². The summed E-state index contributed by atoms with van der Waals surface area (Å²) >= 11 is 0. The van der Waals surface area contributed by atoms with Gasteiger partial charge in [0.25, 0.3) is 0 Å². The molecular weight excluding hydrogens is 600 g/mol. The molecule has 46 heavy (non-hydrogen) atoms. The van der Waals surface area contributed by atoms with Gasteiger partial charge < -0.3 is 44.1 Å². The number of para-hydroxylation sites is 1. The molecule has 0 bridgehead atoms. The summed E-state index contributed by atoms with van der Waals surface area (Å²) in [6.45, 7) is -0.923. The molecule has 5 rings (SSSR count). The van der Waals surface area contributed by atoms with Crippen molar-refractivity contribution in [2.75, 3.05) is 6.61 Å². The lowest BCUT2D eigenvalue weighted by molar-refractivity contribution is -0.276. The second-order valence-corrected chi connectivity index (χ2v) is 10.2. The molecule has 1 fully saturated rings. The Kier molecular flexibility index (Phi) is 10.1. The minimum atomic E-state index is -1.76. The van der Waals surface area contributed by atoms with E-state index in [9.17, 15) is 34.8 Å². The van der Waals surface area contributed by atoms with Crippen LogP contribution in [-0.2, 0) is 25.6 Å². The number of hydrogen-bond donors (Lipinski definition) is 4. The highest BCUT2D eigenvalue weighted by Gasteiger charge is 2.49. The van der Waals surface area contributed by atoms with E-state index in [0.717, 1.165) is 0 Å². The molecule has 12 heteroatoms. The van der Waals surface area contributed by atoms with Gasteiger partial charge in [-0.3, -0.25) is 0 Å². The third kappa shape index (κ3) is 7.61. The fraction of sp³-hybridized carbons (Fsp3) is 0.206. The monoisotopic (exact) mass is 630 g/mol. The summed E-state index contributed by atoms with van der Waals surface area (Å²) in [7, 11) is 0. The van der Waals surface area contributed by atoms with E-state index in [0.29, 0.717) is 0 Å². The Balaban J connectivity index is 1.37. The van der Waals surface area contributed by atoms with E-state index in [4.69, 9.17) is 23.7 Å². The van der Waals surface area contributed by atoms with Gasteiger partial charge in [0.1, 0.15) is 54.3 Å². The number of phenolic OH excluding ortho intramolecular Hbond substituents is 2. The summed E-state index contributed by atoms with van der Waals surface area (Å²) in [5, 5.41) is 42.2. The number of phenols is 2. The molecule has 4 aromatic rings. The van der Waals surface area contributed by atoms with Crippen LogP contribution in [0.2, 0.25) is 0 Å². The number of benzene rings is 4. The van der Waals surface area contributed by atoms with Crippen LogP contribution < -0.4 is 4.74 Å². The minimum Gasteiger partial charge on any atom is -0.508 e. The Morgan fingerprint density at radius 3 is 2.00 bits per heavy atom. The molecule has 0 amide bonds. The van der Waals surface area contributed by atoms with Crippen molar-refractivity contribution in [1.29, 1.82) is 0 Å². The van der Waals surface area contributed by atoms with Gasteiger partial charge >= 0.3 is 17.9 Å². The lowest BCUT2D eigenvalue weighted by atomic mass is 9.98. The number of aliphatic hydroxyl groups is 2. The van der Waals surface area contributed by atoms with Gasteiger partial charge in [-0.25, -0.2) is 14.4 Å². The molecule has 0 spiro atoms. The Morgan fingerprint density at radius 1 is 0.696 bits per heavy atom. The predicted molar refractivity (Wildman–Crippen MR) is 159 cm³/mol. The van der Waals surface area contributed by atoms with Gasteiger partial charge in [0.2, 0.25) is 6.29 Å². The molecule has 0 saturated carbocycles. The highest BCUT2D eigenvalue weighted by Crippen LogP contribution is 2.31. The van der Waals surface area contributed by atoms with E-state index in [2.05, 4.69) is 0 Å². The van der Waals surface area contributed by atoms with Gasteiger partial charge in [-0.05, 0) is 54.6 Å². The molecule has 0 aliphatic carbocycles. The smallest absolute Gasteiger partial charge is 0.342 e. The molecule has 1 aliphatic rings. The second-order valence-electron chi connectivity index (χ2n) is 10.2. The maximum absolute atomic E-state index is 13.0. The van der Waals surface area contributed by atoms with Crippen molar-refractivity contribution in [3.8, 4) is 17.2 Å². The maximum atomic E-state index is 13.0. The molecule has 1 heterocycles. The summed E-state index contributed by atoms with van der Waals surface area (Å²) < 4.78 is 28.1. The normalized spacial score (nSPS) is 20.7. The summed E-state index contributed by atoms with van der Waals surface area (Å²) in [4.78, 5) is 38.1. The lowest BCUT2D eigenvalue weighted by Crippen LogP contribution is -2.61. The van der Waals surface area contributed by atoms with E-state index in [1.165, 1.54) is 42.5 Å². The van der Waals surface area contributed by atoms with Crippen LogP contribution in [0.4, 0.5) is 0 Å². The Labute approximate surface area is 262 Å². The topological polar surface area (TPSA) is 178 Å². The van der Waals surface area contributed by atoms with Crippen LogP contribution in [0.25, 0.3) is 0 Å². The lowest BCUT2D eigenvalue weighted by Gasteiger charge is -2.41. The molecule has 1 saturated heterocycles. The molecular formula is C34H30O12. The molecule has 0 unspecified atom stereocenters. The van der Waals surface area contributed by atoms with E-state index in [1.807, 2.05) is 0 Å². The molecule has 1 aliphatic heterocycles. The molecule has 238 valence electrons. The van der Waals surface area contributed by atoms with E-state index in [-0.39, 0.29) is 39.5 Å². The Morgan fingerprint density at radius 2 is 1.33 bits per heavy atom. The summed E-state index contributed by atoms with van der Waals surface area (Å²) in [6, 6.07) is 25.7. The number of carbonyl (C=O) groups excluding carboxylic acids is 3. The van der Waals surface area contributed by atoms with Gasteiger partial charge in [0.15, 0.2) is 6.10 Å². The first-order valence-electron chi connectivity index (χ1n) is 14.1. The zero-order valence-corrected chi connectivity index (χ0v) is 24.2. The van der Waals surface area contributed by atoms with Crippen molar-refractivity contribution in [3.05, 3.63) is 125 Å². The van der Waals surface area contributed by atoms with Crippen LogP contribution in [0.1, 0.15) is 36.6 Å². The summed E-state index contributed by atoms with van der Waals surface area (Å²) in [5.41, 5.74) is 0.470. The first-order valence-corrected chi connectivity index (χ1v) is 14.1. The molecule has 0 aromatic heterocycles. The van der Waals surface area contributed by atoms with E-state index >= 15 is 0 Å². The van der Waals surface area contributed by atoms with Crippen molar-refractivity contribution in [2.24, 2.45) is 0 Å². The van der Waals surface area contributed by atoms with Crippen LogP contribution >= 0.6 is 0 Å². The third-order valence-electron chi connectivity index (χ3n) is 7.06. The van der Waals surface area contributed by atoms with Crippen LogP contribution in [0.15, 0.2) is 103 Å². The molecule has 4 N–H and O–H groups in total. The fourth-order valence-corrected chi connectivity index (χ4v) is 4.63. The summed E-state index contributed by atoms with van der Waals surface area (Å²) in [6.07, 6.45) is -7.92. The number of carbonyl (C=O) groups is 3. The van der Waals surface area contributed by atoms with E-state index in [1.54, 1.807) is 60.7 Å². The number of esters is 3. The second kappa shape index (κ2) is 14.6. The van der Waals surface area contributed by atoms with Gasteiger partial charge in [0, 0.05) is 5.56 Å². The minimum absolute atomic E-state index is 0.00253. The maximum Gasteiger partial charge on any atom is 0.342 e. The van der Waals surface area contributed by atoms with Crippen LogP contribution in [0.3, 0.4) is 0 Å². The van der Waals surface area contributed by atoms with Crippen molar-refractivity contribution < 1.29 is 58.5 Å². The zero-order valence-electron chi connectivity index (χ0n) is 24.2. The SMILES string of the molecule is O=C(OC[C@H]1O[C@@H](Oc2ccc(O)cc2COC(=O)c2ccccc2O)[C@H](OC(=O)c2ccccc2)[C@@H](O)[C@@H]1O)c1ccccc1. The Bertz CT molecular complexity index is 1660.